The van der Waals surface area contributed by atoms with Crippen LogP contribution in [-0.4, -0.2) is 52.9 Å². The van der Waals surface area contributed by atoms with Gasteiger partial charge in [0.2, 0.25) is 0 Å². The molecule has 0 unspecified atom stereocenters. The van der Waals surface area contributed by atoms with Crippen molar-refractivity contribution in [3.05, 3.63) is 93.5 Å². The summed E-state index contributed by atoms with van der Waals surface area (Å²) in [7, 11) is 1.81. The molecule has 35 heavy (non-hydrogen) atoms. The number of likely N-dealkylation sites (tertiary alicyclic amines) is 1. The van der Waals surface area contributed by atoms with Crippen LogP contribution in [-0.2, 0) is 18.4 Å². The zero-order valence-electron chi connectivity index (χ0n) is 19.7. The number of aromatic nitrogens is 2. The lowest BCUT2D eigenvalue weighted by molar-refractivity contribution is -0.0280. The molecule has 5 rings (SSSR count). The van der Waals surface area contributed by atoms with Crippen molar-refractivity contribution in [2.45, 2.75) is 13.5 Å². The molecule has 182 valence electrons. The number of rotatable bonds is 7. The molecule has 3 aromatic rings. The minimum Gasteiger partial charge on any atom is -0.396 e. The van der Waals surface area contributed by atoms with E-state index in [0.717, 1.165) is 56.2 Å². The lowest BCUT2D eigenvalue weighted by atomic mass is 9.72. The Morgan fingerprint density at radius 2 is 1.89 bits per heavy atom. The maximum atomic E-state index is 13.8. The van der Waals surface area contributed by atoms with Gasteiger partial charge in [0, 0.05) is 63.0 Å². The summed E-state index contributed by atoms with van der Waals surface area (Å²) in [5.74, 6) is -0.895. The summed E-state index contributed by atoms with van der Waals surface area (Å²) in [6.45, 7) is 6.82. The first-order valence-electron chi connectivity index (χ1n) is 11.6. The molecule has 2 fully saturated rings. The average molecular weight is 480 g/mol. The molecule has 0 aliphatic carbocycles. The van der Waals surface area contributed by atoms with Crippen molar-refractivity contribution in [1.82, 2.24) is 14.5 Å². The maximum absolute atomic E-state index is 13.8. The number of nitrogens with zero attached hydrogens (tertiary/aromatic N) is 5. The van der Waals surface area contributed by atoms with Crippen molar-refractivity contribution >= 4 is 11.5 Å². The Bertz CT molecular complexity index is 1310. The zero-order chi connectivity index (χ0) is 24.6. The highest BCUT2D eigenvalue weighted by Crippen LogP contribution is 2.42. The number of pyridine rings is 2. The van der Waals surface area contributed by atoms with Crippen LogP contribution in [0.4, 0.5) is 14.6 Å². The topological polar surface area (TPSA) is 63.0 Å². The van der Waals surface area contributed by atoms with Gasteiger partial charge in [-0.1, -0.05) is 17.3 Å². The molecule has 2 saturated heterocycles. The second-order valence-corrected chi connectivity index (χ2v) is 9.32. The molecule has 7 nitrogen and oxygen atoms in total. The highest BCUT2D eigenvalue weighted by molar-refractivity contribution is 6.11. The van der Waals surface area contributed by atoms with Crippen LogP contribution in [0, 0.1) is 17.0 Å². The maximum Gasteiger partial charge on any atom is 0.251 e. The molecule has 0 bridgehead atoms. The van der Waals surface area contributed by atoms with Crippen molar-refractivity contribution < 1.29 is 13.6 Å². The van der Waals surface area contributed by atoms with Crippen LogP contribution < -0.4 is 10.5 Å². The molecular formula is C26H27F2N5O2. The molecule has 1 aromatic carbocycles. The van der Waals surface area contributed by atoms with E-state index in [4.69, 9.17) is 4.84 Å². The molecule has 2 aromatic heterocycles. The standard InChI is InChI=1S/C26H27F2N5O2/c1-3-35-30-25(19-8-9-20(27)21(28)11-19)22-10-7-18(12-29-22)13-32-14-26(15-32)16-33(17-26)23-5-4-6-24(34)31(23)2/h4-12H,3,13-17H2,1-2H3. The molecule has 0 atom stereocenters. The lowest BCUT2D eigenvalue weighted by Crippen LogP contribution is -2.72. The molecule has 0 amide bonds. The van der Waals surface area contributed by atoms with E-state index in [2.05, 4.69) is 19.9 Å². The van der Waals surface area contributed by atoms with Crippen LogP contribution in [0.2, 0.25) is 0 Å². The van der Waals surface area contributed by atoms with E-state index in [1.165, 1.54) is 6.07 Å². The molecule has 0 N–H and O–H groups in total. The van der Waals surface area contributed by atoms with Crippen LogP contribution in [0.1, 0.15) is 23.7 Å². The van der Waals surface area contributed by atoms with Gasteiger partial charge in [-0.25, -0.2) is 8.78 Å². The number of oxime groups is 1. The lowest BCUT2D eigenvalue weighted by Gasteiger charge is -2.61. The number of hydrogen-bond donors (Lipinski definition) is 0. The summed E-state index contributed by atoms with van der Waals surface area (Å²) in [4.78, 5) is 26.2. The molecule has 0 radical (unpaired) electrons. The summed E-state index contributed by atoms with van der Waals surface area (Å²) >= 11 is 0. The fourth-order valence-corrected chi connectivity index (χ4v) is 4.95. The van der Waals surface area contributed by atoms with Gasteiger partial charge in [0.1, 0.15) is 18.1 Å². The van der Waals surface area contributed by atoms with Gasteiger partial charge >= 0.3 is 0 Å². The molecule has 4 heterocycles. The number of halogens is 2. The molecule has 2 aliphatic heterocycles. The van der Waals surface area contributed by atoms with E-state index in [1.807, 2.05) is 31.3 Å². The second kappa shape index (κ2) is 9.22. The zero-order valence-corrected chi connectivity index (χ0v) is 19.7. The third-order valence-electron chi connectivity index (χ3n) is 6.60. The SMILES string of the molecule is CCON=C(c1ccc(F)c(F)c1)c1ccc(CN2CC3(C2)CN(c2cccc(=O)n2C)C3)cn1. The Labute approximate surface area is 202 Å². The van der Waals surface area contributed by atoms with Crippen LogP contribution in [0.5, 0.6) is 0 Å². The van der Waals surface area contributed by atoms with Crippen molar-refractivity contribution in [2.24, 2.45) is 17.6 Å². The molecule has 2 aliphatic rings. The molecular weight excluding hydrogens is 452 g/mol. The van der Waals surface area contributed by atoms with E-state index < -0.39 is 11.6 Å². The fourth-order valence-electron chi connectivity index (χ4n) is 4.95. The van der Waals surface area contributed by atoms with Crippen molar-refractivity contribution in [3.8, 4) is 0 Å². The van der Waals surface area contributed by atoms with Crippen molar-refractivity contribution in [1.29, 1.82) is 0 Å². The van der Waals surface area contributed by atoms with Crippen LogP contribution in [0.3, 0.4) is 0 Å². The van der Waals surface area contributed by atoms with E-state index >= 15 is 0 Å². The summed E-state index contributed by atoms with van der Waals surface area (Å²) in [5, 5.41) is 4.08. The van der Waals surface area contributed by atoms with Crippen LogP contribution in [0.25, 0.3) is 0 Å². The first-order chi connectivity index (χ1) is 16.9. The molecule has 1 spiro atoms. The first kappa shape index (κ1) is 23.2. The Hall–Kier alpha value is -3.59. The average Bonchev–Trinajstić information content (AvgIpc) is 2.80. The first-order valence-corrected chi connectivity index (χ1v) is 11.6. The van der Waals surface area contributed by atoms with E-state index in [9.17, 15) is 13.6 Å². The summed E-state index contributed by atoms with van der Waals surface area (Å²) in [6, 6.07) is 12.8. The Morgan fingerprint density at radius 3 is 2.57 bits per heavy atom. The fraction of sp³-hybridized carbons (Fsp3) is 0.346. The summed E-state index contributed by atoms with van der Waals surface area (Å²) < 4.78 is 28.8. The Morgan fingerprint density at radius 1 is 1.09 bits per heavy atom. The van der Waals surface area contributed by atoms with Crippen LogP contribution in [0.15, 0.2) is 64.7 Å². The largest absolute Gasteiger partial charge is 0.396 e. The molecule has 9 heteroatoms. The highest BCUT2D eigenvalue weighted by atomic mass is 19.2. The van der Waals surface area contributed by atoms with Crippen molar-refractivity contribution in [2.75, 3.05) is 37.7 Å². The molecule has 0 saturated carbocycles. The Balaban J connectivity index is 1.20. The van der Waals surface area contributed by atoms with Gasteiger partial charge in [-0.2, -0.15) is 0 Å². The minimum atomic E-state index is -0.945. The van der Waals surface area contributed by atoms with Gasteiger partial charge in [0.15, 0.2) is 11.6 Å². The van der Waals surface area contributed by atoms with E-state index in [-0.39, 0.29) is 11.0 Å². The summed E-state index contributed by atoms with van der Waals surface area (Å²) in [6.07, 6.45) is 1.79. The van der Waals surface area contributed by atoms with Gasteiger partial charge in [-0.3, -0.25) is 19.2 Å². The quantitative estimate of drug-likeness (QED) is 0.385. The number of hydrogen-bond acceptors (Lipinski definition) is 6. The number of anilines is 1. The van der Waals surface area contributed by atoms with Gasteiger partial charge in [0.25, 0.3) is 5.56 Å². The predicted molar refractivity (Wildman–Crippen MR) is 129 cm³/mol. The predicted octanol–water partition coefficient (Wildman–Crippen LogP) is 3.17. The van der Waals surface area contributed by atoms with Gasteiger partial charge in [-0.15, -0.1) is 0 Å². The summed E-state index contributed by atoms with van der Waals surface area (Å²) in [5.41, 5.74) is 2.62. The Kier molecular flexibility index (Phi) is 6.10. The second-order valence-electron chi connectivity index (χ2n) is 9.32. The third-order valence-corrected chi connectivity index (χ3v) is 6.60. The third kappa shape index (κ3) is 4.55. The van der Waals surface area contributed by atoms with E-state index in [0.29, 0.717) is 23.6 Å². The van der Waals surface area contributed by atoms with E-state index in [1.54, 1.807) is 23.8 Å². The minimum absolute atomic E-state index is 0.00801. The highest BCUT2D eigenvalue weighted by Gasteiger charge is 2.51. The smallest absolute Gasteiger partial charge is 0.251 e. The van der Waals surface area contributed by atoms with Crippen molar-refractivity contribution in [3.63, 3.8) is 0 Å². The monoisotopic (exact) mass is 479 g/mol. The van der Waals surface area contributed by atoms with Gasteiger partial charge in [0.05, 0.1) is 5.69 Å². The normalized spacial score (nSPS) is 17.3. The number of benzene rings is 1. The van der Waals surface area contributed by atoms with Gasteiger partial charge < -0.3 is 9.74 Å². The van der Waals surface area contributed by atoms with Crippen LogP contribution >= 0.6 is 0 Å². The van der Waals surface area contributed by atoms with Gasteiger partial charge in [-0.05, 0) is 42.8 Å².